The first kappa shape index (κ1) is 13.0. The van der Waals surface area contributed by atoms with Gasteiger partial charge in [0.05, 0.1) is 5.41 Å². The summed E-state index contributed by atoms with van der Waals surface area (Å²) in [6, 6.07) is 3.30. The van der Waals surface area contributed by atoms with Crippen molar-refractivity contribution in [3.8, 4) is 0 Å². The van der Waals surface area contributed by atoms with E-state index in [0.29, 0.717) is 19.4 Å². The van der Waals surface area contributed by atoms with Gasteiger partial charge in [-0.1, -0.05) is 0 Å². The van der Waals surface area contributed by atoms with Crippen molar-refractivity contribution in [2.24, 2.45) is 5.41 Å². The first-order valence-electron chi connectivity index (χ1n) is 5.79. The summed E-state index contributed by atoms with van der Waals surface area (Å²) in [6.45, 7) is 0.566. The Morgan fingerprint density at radius 3 is 2.67 bits per heavy atom. The maximum Gasteiger partial charge on any atom is 0.310 e. The molecule has 0 heterocycles. The van der Waals surface area contributed by atoms with Crippen LogP contribution in [0.1, 0.15) is 18.4 Å². The lowest BCUT2D eigenvalue weighted by Gasteiger charge is -2.21. The first-order chi connectivity index (χ1) is 8.43. The van der Waals surface area contributed by atoms with E-state index in [1.54, 1.807) is 11.9 Å². The quantitative estimate of drug-likeness (QED) is 0.877. The van der Waals surface area contributed by atoms with E-state index >= 15 is 0 Å². The molecule has 1 N–H and O–H groups in total. The van der Waals surface area contributed by atoms with Gasteiger partial charge in [-0.25, -0.2) is 8.78 Å². The number of benzene rings is 1. The van der Waals surface area contributed by atoms with Crippen molar-refractivity contribution >= 4 is 5.97 Å². The van der Waals surface area contributed by atoms with Crippen LogP contribution in [0.4, 0.5) is 8.78 Å². The maximum absolute atomic E-state index is 13.4. The molecule has 98 valence electrons. The third kappa shape index (κ3) is 2.67. The number of hydrogen-bond donors (Lipinski definition) is 1. The van der Waals surface area contributed by atoms with Crippen molar-refractivity contribution in [3.63, 3.8) is 0 Å². The molecule has 1 aliphatic carbocycles. The SMILES string of the molecule is CN(Cc1cc(F)ccc1F)CC1(C(=O)O)CC1. The Bertz CT molecular complexity index is 472. The van der Waals surface area contributed by atoms with Crippen LogP contribution >= 0.6 is 0 Å². The molecule has 3 nitrogen and oxygen atoms in total. The Kier molecular flexibility index (Phi) is 3.34. The van der Waals surface area contributed by atoms with E-state index < -0.39 is 23.0 Å². The minimum atomic E-state index is -0.811. The second-order valence-electron chi connectivity index (χ2n) is 4.99. The van der Waals surface area contributed by atoms with Crippen LogP contribution in [-0.2, 0) is 11.3 Å². The van der Waals surface area contributed by atoms with E-state index in [4.69, 9.17) is 5.11 Å². The van der Waals surface area contributed by atoms with Crippen molar-refractivity contribution in [2.45, 2.75) is 19.4 Å². The van der Waals surface area contributed by atoms with E-state index in [1.807, 2.05) is 0 Å². The van der Waals surface area contributed by atoms with Crippen LogP contribution < -0.4 is 0 Å². The third-order valence-electron chi connectivity index (χ3n) is 3.33. The van der Waals surface area contributed by atoms with Gasteiger partial charge in [-0.05, 0) is 38.1 Å². The molecule has 1 aliphatic rings. The van der Waals surface area contributed by atoms with Crippen LogP contribution in [0.15, 0.2) is 18.2 Å². The van der Waals surface area contributed by atoms with Crippen molar-refractivity contribution in [3.05, 3.63) is 35.4 Å². The topological polar surface area (TPSA) is 40.5 Å². The second-order valence-corrected chi connectivity index (χ2v) is 4.99. The Morgan fingerprint density at radius 2 is 2.11 bits per heavy atom. The van der Waals surface area contributed by atoms with Crippen LogP contribution in [0.5, 0.6) is 0 Å². The summed E-state index contributed by atoms with van der Waals surface area (Å²) in [6.07, 6.45) is 1.30. The minimum Gasteiger partial charge on any atom is -0.481 e. The average molecular weight is 255 g/mol. The fraction of sp³-hybridized carbons (Fsp3) is 0.462. The van der Waals surface area contributed by atoms with Crippen LogP contribution in [0.25, 0.3) is 0 Å². The molecule has 1 fully saturated rings. The number of rotatable bonds is 5. The molecule has 0 aliphatic heterocycles. The summed E-state index contributed by atoms with van der Waals surface area (Å²) in [7, 11) is 1.72. The molecular weight excluding hydrogens is 240 g/mol. The standard InChI is InChI=1S/C13H15F2NO2/c1-16(8-13(4-5-13)12(17)18)7-9-6-10(14)2-3-11(9)15/h2-3,6H,4-5,7-8H2,1H3,(H,17,18). The predicted molar refractivity (Wildman–Crippen MR) is 62.0 cm³/mol. The highest BCUT2D eigenvalue weighted by molar-refractivity contribution is 5.78. The molecule has 0 aromatic heterocycles. The molecule has 0 spiro atoms. The Balaban J connectivity index is 2.01. The molecule has 1 saturated carbocycles. The first-order valence-corrected chi connectivity index (χ1v) is 5.79. The molecule has 0 unspecified atom stereocenters. The van der Waals surface area contributed by atoms with E-state index in [2.05, 4.69) is 0 Å². The highest BCUT2D eigenvalue weighted by atomic mass is 19.1. The molecule has 0 amide bonds. The predicted octanol–water partition coefficient (Wildman–Crippen LogP) is 2.26. The van der Waals surface area contributed by atoms with E-state index in [9.17, 15) is 13.6 Å². The second kappa shape index (κ2) is 4.65. The number of hydrogen-bond acceptors (Lipinski definition) is 2. The number of carbonyl (C=O) groups is 1. The van der Waals surface area contributed by atoms with Crippen LogP contribution in [0.3, 0.4) is 0 Å². The molecule has 0 atom stereocenters. The monoisotopic (exact) mass is 255 g/mol. The van der Waals surface area contributed by atoms with Crippen LogP contribution in [0.2, 0.25) is 0 Å². The van der Waals surface area contributed by atoms with Crippen molar-refractivity contribution in [1.82, 2.24) is 4.90 Å². The zero-order valence-corrected chi connectivity index (χ0v) is 10.1. The Morgan fingerprint density at radius 1 is 1.44 bits per heavy atom. The van der Waals surface area contributed by atoms with E-state index in [0.717, 1.165) is 18.2 Å². The summed E-state index contributed by atoms with van der Waals surface area (Å²) in [5.41, 5.74) is -0.433. The molecular formula is C13H15F2NO2. The number of aliphatic carboxylic acids is 1. The van der Waals surface area contributed by atoms with Gasteiger partial charge < -0.3 is 10.0 Å². The summed E-state index contributed by atoms with van der Waals surface area (Å²) in [5.74, 6) is -1.77. The number of halogens is 2. The van der Waals surface area contributed by atoms with Crippen molar-refractivity contribution in [2.75, 3.05) is 13.6 Å². The normalized spacial score (nSPS) is 16.9. The summed E-state index contributed by atoms with van der Waals surface area (Å²) in [5, 5.41) is 9.06. The Labute approximate surface area is 104 Å². The van der Waals surface area contributed by atoms with Crippen molar-refractivity contribution < 1.29 is 18.7 Å². The lowest BCUT2D eigenvalue weighted by atomic mass is 10.1. The van der Waals surface area contributed by atoms with Gasteiger partial charge in [-0.3, -0.25) is 4.79 Å². The highest BCUT2D eigenvalue weighted by Crippen LogP contribution is 2.46. The number of carboxylic acid groups (broad SMARTS) is 1. The zero-order valence-electron chi connectivity index (χ0n) is 10.1. The largest absolute Gasteiger partial charge is 0.481 e. The fourth-order valence-electron chi connectivity index (χ4n) is 2.12. The van der Waals surface area contributed by atoms with Crippen molar-refractivity contribution in [1.29, 1.82) is 0 Å². The lowest BCUT2D eigenvalue weighted by molar-refractivity contribution is -0.144. The van der Waals surface area contributed by atoms with Gasteiger partial charge in [-0.2, -0.15) is 0 Å². The average Bonchev–Trinajstić information content (AvgIpc) is 3.04. The smallest absolute Gasteiger partial charge is 0.310 e. The summed E-state index contributed by atoms with van der Waals surface area (Å²) in [4.78, 5) is 12.8. The number of carboxylic acids is 1. The zero-order chi connectivity index (χ0) is 13.3. The molecule has 1 aromatic rings. The maximum atomic E-state index is 13.4. The minimum absolute atomic E-state index is 0.207. The van der Waals surface area contributed by atoms with Gasteiger partial charge in [0.1, 0.15) is 11.6 Å². The van der Waals surface area contributed by atoms with E-state index in [1.165, 1.54) is 0 Å². The molecule has 5 heteroatoms. The van der Waals surface area contributed by atoms with Gasteiger partial charge in [-0.15, -0.1) is 0 Å². The molecule has 1 aromatic carbocycles. The van der Waals surface area contributed by atoms with Gasteiger partial charge in [0.15, 0.2) is 0 Å². The molecule has 0 saturated heterocycles. The Hall–Kier alpha value is -1.49. The van der Waals surface area contributed by atoms with Gasteiger partial charge >= 0.3 is 5.97 Å². The summed E-state index contributed by atoms with van der Waals surface area (Å²) < 4.78 is 26.4. The summed E-state index contributed by atoms with van der Waals surface area (Å²) >= 11 is 0. The van der Waals surface area contributed by atoms with Gasteiger partial charge in [0.2, 0.25) is 0 Å². The molecule has 0 bridgehead atoms. The fourth-order valence-corrected chi connectivity index (χ4v) is 2.12. The van der Waals surface area contributed by atoms with Crippen LogP contribution in [0, 0.1) is 17.0 Å². The molecule has 2 rings (SSSR count). The molecule has 0 radical (unpaired) electrons. The van der Waals surface area contributed by atoms with E-state index in [-0.39, 0.29) is 12.1 Å². The molecule has 18 heavy (non-hydrogen) atoms. The lowest BCUT2D eigenvalue weighted by Crippen LogP contribution is -2.31. The van der Waals surface area contributed by atoms with Gasteiger partial charge in [0, 0.05) is 18.7 Å². The number of nitrogens with zero attached hydrogens (tertiary/aromatic N) is 1. The van der Waals surface area contributed by atoms with Gasteiger partial charge in [0.25, 0.3) is 0 Å². The highest BCUT2D eigenvalue weighted by Gasteiger charge is 2.50. The third-order valence-corrected chi connectivity index (χ3v) is 3.33. The van der Waals surface area contributed by atoms with Crippen LogP contribution in [-0.4, -0.2) is 29.6 Å².